The van der Waals surface area contributed by atoms with Gasteiger partial charge in [0.15, 0.2) is 6.20 Å². The van der Waals surface area contributed by atoms with Gasteiger partial charge < -0.3 is 4.42 Å². The first kappa shape index (κ1) is 22.1. The second-order valence-corrected chi connectivity index (χ2v) is 11.0. The van der Waals surface area contributed by atoms with Crippen LogP contribution in [0.5, 0.6) is 0 Å². The second kappa shape index (κ2) is 7.55. The molecule has 1 aliphatic rings. The Bertz CT molecular complexity index is 1620. The largest absolute Gasteiger partial charge is 0.454 e. The smallest absolute Gasteiger partial charge is 0.216 e. The molecule has 0 radical (unpaired) electrons. The average Bonchev–Trinajstić information content (AvgIpc) is 3.33. The summed E-state index contributed by atoms with van der Waals surface area (Å²) in [5, 5.41) is 2.39. The summed E-state index contributed by atoms with van der Waals surface area (Å²) >= 11 is 0. The third-order valence-electron chi connectivity index (χ3n) is 8.46. The topological polar surface area (TPSA) is 17.0 Å². The molecule has 0 saturated carbocycles. The Balaban J connectivity index is 1.75. The van der Waals surface area contributed by atoms with Gasteiger partial charge in [-0.3, -0.25) is 0 Å². The van der Waals surface area contributed by atoms with Crippen LogP contribution in [0.15, 0.2) is 71.3 Å². The van der Waals surface area contributed by atoms with Crippen LogP contribution in [0.1, 0.15) is 49.9 Å². The predicted molar refractivity (Wildman–Crippen MR) is 146 cm³/mol. The van der Waals surface area contributed by atoms with Crippen LogP contribution in [0.4, 0.5) is 0 Å². The van der Waals surface area contributed by atoms with Crippen LogP contribution < -0.4 is 4.57 Å². The van der Waals surface area contributed by atoms with Crippen LogP contribution in [0, 0.1) is 25.7 Å². The molecule has 0 aliphatic heterocycles. The normalized spacial score (nSPS) is 14.3. The molecular formula is C33H34NO+. The zero-order valence-electron chi connectivity index (χ0n) is 21.9. The second-order valence-electron chi connectivity index (χ2n) is 11.0. The summed E-state index contributed by atoms with van der Waals surface area (Å²) in [6, 6.07) is 22.6. The molecule has 0 amide bonds. The highest BCUT2D eigenvalue weighted by Crippen LogP contribution is 2.58. The van der Waals surface area contributed by atoms with Gasteiger partial charge in [0.25, 0.3) is 0 Å². The standard InChI is InChI=1S/C33H34NO/c1-19(2)33(20(3)4)26-11-9-8-10-25(26)30-27(33)16-15-24-23-14-13-22(6)29(31(23)35-32(24)30)28-17-12-21(5)18-34(28)7/h8-20H,1-7H3/q+1. The molecule has 6 rings (SSSR count). The van der Waals surface area contributed by atoms with Crippen LogP contribution in [-0.2, 0) is 12.5 Å². The van der Waals surface area contributed by atoms with Crippen molar-refractivity contribution in [1.82, 2.24) is 0 Å². The Labute approximate surface area is 208 Å². The molecule has 5 aromatic rings. The molecule has 0 fully saturated rings. The zero-order valence-corrected chi connectivity index (χ0v) is 21.9. The molecule has 1 aliphatic carbocycles. The Morgan fingerprint density at radius 3 is 2.06 bits per heavy atom. The van der Waals surface area contributed by atoms with Gasteiger partial charge in [-0.1, -0.05) is 76.2 Å². The minimum absolute atomic E-state index is 0.0266. The molecule has 0 atom stereocenters. The van der Waals surface area contributed by atoms with Crippen molar-refractivity contribution in [2.45, 2.75) is 47.0 Å². The molecule has 0 N–H and O–H groups in total. The summed E-state index contributed by atoms with van der Waals surface area (Å²) in [5.41, 5.74) is 12.3. The lowest BCUT2D eigenvalue weighted by Gasteiger charge is -2.40. The van der Waals surface area contributed by atoms with Crippen molar-refractivity contribution in [2.75, 3.05) is 0 Å². The molecule has 2 heteroatoms. The van der Waals surface area contributed by atoms with Gasteiger partial charge in [-0.25, -0.2) is 4.57 Å². The number of pyridine rings is 1. The van der Waals surface area contributed by atoms with E-state index in [9.17, 15) is 0 Å². The molecule has 2 aromatic heterocycles. The highest BCUT2D eigenvalue weighted by molar-refractivity contribution is 6.14. The minimum atomic E-state index is -0.0266. The van der Waals surface area contributed by atoms with Gasteiger partial charge >= 0.3 is 0 Å². The fourth-order valence-electron chi connectivity index (χ4n) is 7.06. The number of aryl methyl sites for hydroxylation is 3. The summed E-state index contributed by atoms with van der Waals surface area (Å²) in [4.78, 5) is 0. The van der Waals surface area contributed by atoms with E-state index in [0.717, 1.165) is 11.2 Å². The number of hydrogen-bond donors (Lipinski definition) is 0. The number of benzene rings is 3. The Morgan fingerprint density at radius 1 is 0.714 bits per heavy atom. The first-order valence-corrected chi connectivity index (χ1v) is 12.8. The van der Waals surface area contributed by atoms with Gasteiger partial charge in [0, 0.05) is 33.4 Å². The molecule has 2 nitrogen and oxygen atoms in total. The molecule has 35 heavy (non-hydrogen) atoms. The SMILES string of the molecule is Cc1ccc(-c2c(C)ccc3c2oc2c4c(ccc23)C(C(C)C)(C(C)C)c2ccccc2-4)[n+](C)c1. The van der Waals surface area contributed by atoms with Crippen LogP contribution >= 0.6 is 0 Å². The van der Waals surface area contributed by atoms with E-state index in [-0.39, 0.29) is 5.41 Å². The van der Waals surface area contributed by atoms with Crippen molar-refractivity contribution in [2.24, 2.45) is 18.9 Å². The summed E-state index contributed by atoms with van der Waals surface area (Å²) in [5.74, 6) is 0.937. The van der Waals surface area contributed by atoms with Crippen molar-refractivity contribution in [3.05, 3.63) is 89.1 Å². The summed E-state index contributed by atoms with van der Waals surface area (Å²) in [7, 11) is 2.12. The van der Waals surface area contributed by atoms with Crippen LogP contribution in [0.2, 0.25) is 0 Å². The van der Waals surface area contributed by atoms with Gasteiger partial charge in [-0.2, -0.15) is 0 Å². The Hall–Kier alpha value is -3.39. The quantitative estimate of drug-likeness (QED) is 0.248. The number of fused-ring (bicyclic) bond motifs is 7. The maximum atomic E-state index is 6.94. The third kappa shape index (κ3) is 2.80. The molecular weight excluding hydrogens is 426 g/mol. The average molecular weight is 461 g/mol. The van der Waals surface area contributed by atoms with E-state index in [0.29, 0.717) is 11.8 Å². The first-order chi connectivity index (χ1) is 16.8. The number of aromatic nitrogens is 1. The van der Waals surface area contributed by atoms with E-state index < -0.39 is 0 Å². The molecule has 3 aromatic carbocycles. The summed E-state index contributed by atoms with van der Waals surface area (Å²) in [6.45, 7) is 13.8. The third-order valence-corrected chi connectivity index (χ3v) is 8.46. The predicted octanol–water partition coefficient (Wildman–Crippen LogP) is 8.27. The fraction of sp³-hybridized carbons (Fsp3) is 0.303. The molecule has 0 spiro atoms. The molecule has 0 saturated heterocycles. The Kier molecular flexibility index (Phi) is 4.77. The monoisotopic (exact) mass is 460 g/mol. The van der Waals surface area contributed by atoms with Gasteiger partial charge in [0.2, 0.25) is 5.69 Å². The van der Waals surface area contributed by atoms with E-state index in [4.69, 9.17) is 4.42 Å². The number of nitrogens with zero attached hydrogens (tertiary/aromatic N) is 1. The van der Waals surface area contributed by atoms with Crippen LogP contribution in [0.25, 0.3) is 44.3 Å². The maximum absolute atomic E-state index is 6.94. The van der Waals surface area contributed by atoms with Gasteiger partial charge in [0.1, 0.15) is 18.2 Å². The fourth-order valence-corrected chi connectivity index (χ4v) is 7.06. The van der Waals surface area contributed by atoms with Crippen molar-refractivity contribution >= 4 is 21.9 Å². The molecule has 0 unspecified atom stereocenters. The van der Waals surface area contributed by atoms with Crippen molar-refractivity contribution in [1.29, 1.82) is 0 Å². The molecule has 2 heterocycles. The van der Waals surface area contributed by atoms with Crippen molar-refractivity contribution in [3.8, 4) is 22.4 Å². The summed E-state index contributed by atoms with van der Waals surface area (Å²) in [6.07, 6.45) is 2.18. The van der Waals surface area contributed by atoms with Crippen molar-refractivity contribution < 1.29 is 8.98 Å². The minimum Gasteiger partial charge on any atom is -0.454 e. The van der Waals surface area contributed by atoms with E-state index in [1.165, 1.54) is 55.4 Å². The van der Waals surface area contributed by atoms with Crippen LogP contribution in [-0.4, -0.2) is 0 Å². The lowest BCUT2D eigenvalue weighted by molar-refractivity contribution is -0.660. The first-order valence-electron chi connectivity index (χ1n) is 12.8. The highest BCUT2D eigenvalue weighted by atomic mass is 16.3. The lowest BCUT2D eigenvalue weighted by atomic mass is 9.63. The number of rotatable bonds is 3. The maximum Gasteiger partial charge on any atom is 0.216 e. The number of furan rings is 1. The van der Waals surface area contributed by atoms with E-state index in [2.05, 4.69) is 120 Å². The van der Waals surface area contributed by atoms with Crippen LogP contribution in [0.3, 0.4) is 0 Å². The van der Waals surface area contributed by atoms with E-state index in [1.807, 2.05) is 0 Å². The van der Waals surface area contributed by atoms with Gasteiger partial charge in [-0.05, 0) is 54.0 Å². The highest BCUT2D eigenvalue weighted by Gasteiger charge is 2.48. The van der Waals surface area contributed by atoms with Crippen molar-refractivity contribution in [3.63, 3.8) is 0 Å². The van der Waals surface area contributed by atoms with E-state index in [1.54, 1.807) is 0 Å². The zero-order chi connectivity index (χ0) is 24.6. The number of hydrogen-bond acceptors (Lipinski definition) is 1. The van der Waals surface area contributed by atoms with Gasteiger partial charge in [0.05, 0.1) is 5.56 Å². The molecule has 0 bridgehead atoms. The summed E-state index contributed by atoms with van der Waals surface area (Å²) < 4.78 is 9.16. The Morgan fingerprint density at radius 2 is 1.37 bits per heavy atom. The van der Waals surface area contributed by atoms with E-state index >= 15 is 0 Å². The van der Waals surface area contributed by atoms with Gasteiger partial charge in [-0.15, -0.1) is 0 Å². The molecule has 176 valence electrons. The lowest BCUT2D eigenvalue weighted by Crippen LogP contribution is -2.37.